The van der Waals surface area contributed by atoms with Gasteiger partial charge >= 0.3 is 0 Å². The lowest BCUT2D eigenvalue weighted by Gasteiger charge is -2.30. The van der Waals surface area contributed by atoms with E-state index >= 15 is 0 Å². The highest BCUT2D eigenvalue weighted by molar-refractivity contribution is 5.95. The predicted octanol–water partition coefficient (Wildman–Crippen LogP) is 4.58. The molecule has 2 aromatic rings. The number of amides is 2. The summed E-state index contributed by atoms with van der Waals surface area (Å²) in [6, 6.07) is 15.0. The van der Waals surface area contributed by atoms with Gasteiger partial charge in [-0.25, -0.2) is 0 Å². The van der Waals surface area contributed by atoms with E-state index in [4.69, 9.17) is 0 Å². The molecule has 0 aliphatic carbocycles. The molecule has 2 N–H and O–H groups in total. The third kappa shape index (κ3) is 5.50. The highest BCUT2D eigenvalue weighted by atomic mass is 16.3. The molecule has 1 aliphatic rings. The van der Waals surface area contributed by atoms with Gasteiger partial charge in [0.05, 0.1) is 5.69 Å². The van der Waals surface area contributed by atoms with Gasteiger partial charge in [-0.2, -0.15) is 0 Å². The number of nitrogens with one attached hydrogen (secondary N) is 1. The summed E-state index contributed by atoms with van der Waals surface area (Å²) in [5.41, 5.74) is 2.39. The molecule has 1 aliphatic heterocycles. The fourth-order valence-electron chi connectivity index (χ4n) is 3.54. The molecule has 0 unspecified atom stereocenters. The Labute approximate surface area is 178 Å². The summed E-state index contributed by atoms with van der Waals surface area (Å²) in [7, 11) is 0. The number of piperidine rings is 1. The molecule has 1 saturated heterocycles. The van der Waals surface area contributed by atoms with Crippen molar-refractivity contribution in [3.8, 4) is 5.75 Å². The molecule has 2 aromatic carbocycles. The number of phenolic OH excluding ortho intramolecular Hbond substituents is 1. The quantitative estimate of drug-likeness (QED) is 0.577. The van der Waals surface area contributed by atoms with Gasteiger partial charge in [-0.3, -0.25) is 9.59 Å². The molecule has 30 heavy (non-hydrogen) atoms. The van der Waals surface area contributed by atoms with Crippen LogP contribution in [0.4, 0.5) is 5.69 Å². The number of carbonyl (C=O) groups excluding carboxylic acids is 2. The summed E-state index contributed by atoms with van der Waals surface area (Å²) in [6.07, 6.45) is 4.62. The van der Waals surface area contributed by atoms with Crippen LogP contribution >= 0.6 is 0 Å². The molecular formula is C25H30N2O3. The van der Waals surface area contributed by atoms with E-state index in [1.165, 1.54) is 0 Å². The van der Waals surface area contributed by atoms with Crippen LogP contribution in [-0.4, -0.2) is 34.9 Å². The van der Waals surface area contributed by atoms with Crippen molar-refractivity contribution in [1.82, 2.24) is 4.90 Å². The molecule has 5 heteroatoms. The number of hydrogen-bond acceptors (Lipinski definition) is 3. The van der Waals surface area contributed by atoms with Crippen molar-refractivity contribution in [3.05, 3.63) is 65.7 Å². The van der Waals surface area contributed by atoms with Gasteiger partial charge in [0.1, 0.15) is 5.75 Å². The minimum absolute atomic E-state index is 0.0340. The molecule has 5 nitrogen and oxygen atoms in total. The van der Waals surface area contributed by atoms with Crippen LogP contribution in [0, 0.1) is 5.92 Å². The zero-order chi connectivity index (χ0) is 21.7. The van der Waals surface area contributed by atoms with E-state index in [1.54, 1.807) is 17.0 Å². The van der Waals surface area contributed by atoms with Crippen LogP contribution in [0.5, 0.6) is 5.75 Å². The molecule has 0 atom stereocenters. The standard InChI is InChI=1S/C25H30N2O3/c1-25(2,3)20-10-11-22(28)21(17-20)26-24(30)19-13-15-27(16-14-19)23(29)12-9-18-7-5-4-6-8-18/h4-12,17,19,28H,13-16H2,1-3H3,(H,26,30). The molecule has 1 fully saturated rings. The first-order valence-electron chi connectivity index (χ1n) is 10.4. The van der Waals surface area contributed by atoms with Crippen molar-refractivity contribution in [3.63, 3.8) is 0 Å². The van der Waals surface area contributed by atoms with Gasteiger partial charge in [0, 0.05) is 25.1 Å². The normalized spacial score (nSPS) is 15.4. The minimum atomic E-state index is -0.176. The Kier molecular flexibility index (Phi) is 6.60. The lowest BCUT2D eigenvalue weighted by molar-refractivity contribution is -0.130. The van der Waals surface area contributed by atoms with E-state index in [9.17, 15) is 14.7 Å². The first kappa shape index (κ1) is 21.6. The predicted molar refractivity (Wildman–Crippen MR) is 120 cm³/mol. The molecular weight excluding hydrogens is 376 g/mol. The molecule has 3 rings (SSSR count). The van der Waals surface area contributed by atoms with Crippen LogP contribution in [-0.2, 0) is 15.0 Å². The second-order valence-electron chi connectivity index (χ2n) is 8.81. The molecule has 0 radical (unpaired) electrons. The Morgan fingerprint density at radius 2 is 1.73 bits per heavy atom. The molecule has 1 heterocycles. The number of phenols is 1. The minimum Gasteiger partial charge on any atom is -0.506 e. The summed E-state index contributed by atoms with van der Waals surface area (Å²) >= 11 is 0. The van der Waals surface area contributed by atoms with E-state index in [0.717, 1.165) is 11.1 Å². The molecule has 158 valence electrons. The van der Waals surface area contributed by atoms with Crippen LogP contribution < -0.4 is 5.32 Å². The van der Waals surface area contributed by atoms with E-state index in [-0.39, 0.29) is 28.9 Å². The smallest absolute Gasteiger partial charge is 0.246 e. The maximum Gasteiger partial charge on any atom is 0.246 e. The Morgan fingerprint density at radius 1 is 1.07 bits per heavy atom. The number of benzene rings is 2. The fraction of sp³-hybridized carbons (Fsp3) is 0.360. The first-order valence-corrected chi connectivity index (χ1v) is 10.4. The number of aromatic hydroxyl groups is 1. The molecule has 2 amide bonds. The third-order valence-electron chi connectivity index (χ3n) is 5.52. The third-order valence-corrected chi connectivity index (χ3v) is 5.52. The van der Waals surface area contributed by atoms with E-state index < -0.39 is 0 Å². The zero-order valence-corrected chi connectivity index (χ0v) is 17.9. The Morgan fingerprint density at radius 3 is 2.37 bits per heavy atom. The maximum atomic E-state index is 12.7. The van der Waals surface area contributed by atoms with Crippen LogP contribution in [0.3, 0.4) is 0 Å². The first-order chi connectivity index (χ1) is 14.2. The molecule has 0 aromatic heterocycles. The van der Waals surface area contributed by atoms with Crippen LogP contribution in [0.2, 0.25) is 0 Å². The number of likely N-dealkylation sites (tertiary alicyclic amines) is 1. The average molecular weight is 407 g/mol. The van der Waals surface area contributed by atoms with Gasteiger partial charge in [-0.1, -0.05) is 57.2 Å². The van der Waals surface area contributed by atoms with Crippen molar-refractivity contribution in [2.75, 3.05) is 18.4 Å². The van der Waals surface area contributed by atoms with E-state index in [0.29, 0.717) is 31.6 Å². The highest BCUT2D eigenvalue weighted by Crippen LogP contribution is 2.31. The number of carbonyl (C=O) groups is 2. The second-order valence-corrected chi connectivity index (χ2v) is 8.81. The van der Waals surface area contributed by atoms with Crippen molar-refractivity contribution in [2.24, 2.45) is 5.92 Å². The van der Waals surface area contributed by atoms with E-state index in [2.05, 4.69) is 26.1 Å². The highest BCUT2D eigenvalue weighted by Gasteiger charge is 2.27. The Bertz CT molecular complexity index is 921. The maximum absolute atomic E-state index is 12.7. The van der Waals surface area contributed by atoms with Crippen molar-refractivity contribution < 1.29 is 14.7 Å². The van der Waals surface area contributed by atoms with Crippen LogP contribution in [0.15, 0.2) is 54.6 Å². The fourth-order valence-corrected chi connectivity index (χ4v) is 3.54. The molecule has 0 bridgehead atoms. The monoisotopic (exact) mass is 406 g/mol. The van der Waals surface area contributed by atoms with Gasteiger partial charge in [0.15, 0.2) is 0 Å². The zero-order valence-electron chi connectivity index (χ0n) is 17.9. The van der Waals surface area contributed by atoms with Crippen LogP contribution in [0.25, 0.3) is 6.08 Å². The summed E-state index contributed by atoms with van der Waals surface area (Å²) in [4.78, 5) is 26.9. The average Bonchev–Trinajstić information content (AvgIpc) is 2.73. The summed E-state index contributed by atoms with van der Waals surface area (Å²) in [6.45, 7) is 7.35. The molecule has 0 saturated carbocycles. The van der Waals surface area contributed by atoms with Gasteiger partial charge in [0.25, 0.3) is 0 Å². The Hall–Kier alpha value is -3.08. The largest absolute Gasteiger partial charge is 0.506 e. The summed E-state index contributed by atoms with van der Waals surface area (Å²) in [5, 5.41) is 13.0. The van der Waals surface area contributed by atoms with Crippen LogP contribution in [0.1, 0.15) is 44.7 Å². The molecule has 0 spiro atoms. The van der Waals surface area contributed by atoms with E-state index in [1.807, 2.05) is 48.5 Å². The van der Waals surface area contributed by atoms with Gasteiger partial charge < -0.3 is 15.3 Å². The van der Waals surface area contributed by atoms with Crippen molar-refractivity contribution in [1.29, 1.82) is 0 Å². The summed E-state index contributed by atoms with van der Waals surface area (Å²) in [5.74, 6) is -0.253. The van der Waals surface area contributed by atoms with Gasteiger partial charge in [-0.05, 0) is 47.6 Å². The lowest BCUT2D eigenvalue weighted by atomic mass is 9.86. The number of nitrogens with zero attached hydrogens (tertiary/aromatic N) is 1. The SMILES string of the molecule is CC(C)(C)c1ccc(O)c(NC(=O)C2CCN(C(=O)C=Cc3ccccc3)CC2)c1. The number of anilines is 1. The van der Waals surface area contributed by atoms with Gasteiger partial charge in [-0.15, -0.1) is 0 Å². The van der Waals surface area contributed by atoms with Crippen molar-refractivity contribution in [2.45, 2.75) is 39.0 Å². The Balaban J connectivity index is 1.55. The summed E-state index contributed by atoms with van der Waals surface area (Å²) < 4.78 is 0. The second kappa shape index (κ2) is 9.16. The lowest BCUT2D eigenvalue weighted by Crippen LogP contribution is -2.40. The van der Waals surface area contributed by atoms with Gasteiger partial charge in [0.2, 0.25) is 11.8 Å². The number of hydrogen-bond donors (Lipinski definition) is 2. The van der Waals surface area contributed by atoms with Crippen molar-refractivity contribution >= 4 is 23.6 Å². The number of rotatable bonds is 4. The topological polar surface area (TPSA) is 69.6 Å².